The van der Waals surface area contributed by atoms with Crippen LogP contribution in [0.25, 0.3) is 0 Å². The van der Waals surface area contributed by atoms with Gasteiger partial charge in [0.2, 0.25) is 0 Å². The fourth-order valence-electron chi connectivity index (χ4n) is 1.72. The summed E-state index contributed by atoms with van der Waals surface area (Å²) in [6, 6.07) is 2.32. The molecule has 0 aliphatic rings. The van der Waals surface area contributed by atoms with Gasteiger partial charge in [0, 0.05) is 40.5 Å². The van der Waals surface area contributed by atoms with E-state index >= 15 is 0 Å². The van der Waals surface area contributed by atoms with Crippen molar-refractivity contribution in [3.63, 3.8) is 0 Å². The molecule has 0 aliphatic heterocycles. The predicted molar refractivity (Wildman–Crippen MR) is 68.2 cm³/mol. The van der Waals surface area contributed by atoms with Gasteiger partial charge in [-0.05, 0) is 26.8 Å². The third-order valence-corrected chi connectivity index (χ3v) is 3.95. The van der Waals surface area contributed by atoms with Gasteiger partial charge in [-0.2, -0.15) is 0 Å². The van der Waals surface area contributed by atoms with Crippen molar-refractivity contribution in [2.24, 2.45) is 0 Å². The molecule has 0 amide bonds. The standard InChI is InChI=1S/C12H21NO2S/c1-5-16(14)7-6-13-10(3)12-8-9(2)15-11(12)4/h8,10,13H,5-7H2,1-4H3. The van der Waals surface area contributed by atoms with Crippen molar-refractivity contribution < 1.29 is 8.63 Å². The summed E-state index contributed by atoms with van der Waals surface area (Å²) in [6.07, 6.45) is 0. The lowest BCUT2D eigenvalue weighted by Crippen LogP contribution is -2.24. The van der Waals surface area contributed by atoms with Gasteiger partial charge in [0.25, 0.3) is 0 Å². The van der Waals surface area contributed by atoms with Gasteiger partial charge >= 0.3 is 0 Å². The smallest absolute Gasteiger partial charge is 0.105 e. The second-order valence-electron chi connectivity index (χ2n) is 3.98. The highest BCUT2D eigenvalue weighted by Gasteiger charge is 2.11. The van der Waals surface area contributed by atoms with E-state index < -0.39 is 10.8 Å². The van der Waals surface area contributed by atoms with Crippen molar-refractivity contribution in [1.29, 1.82) is 0 Å². The Balaban J connectivity index is 2.43. The molecule has 16 heavy (non-hydrogen) atoms. The molecule has 1 rings (SSSR count). The van der Waals surface area contributed by atoms with E-state index in [1.807, 2.05) is 20.8 Å². The summed E-state index contributed by atoms with van der Waals surface area (Å²) in [5, 5.41) is 3.37. The predicted octanol–water partition coefficient (Wildman–Crippen LogP) is 2.32. The van der Waals surface area contributed by atoms with Gasteiger partial charge in [-0.15, -0.1) is 0 Å². The minimum absolute atomic E-state index is 0.256. The Hall–Kier alpha value is -0.610. The molecule has 2 atom stereocenters. The second kappa shape index (κ2) is 6.21. The fourth-order valence-corrected chi connectivity index (χ4v) is 2.36. The molecular weight excluding hydrogens is 222 g/mol. The molecule has 0 radical (unpaired) electrons. The van der Waals surface area contributed by atoms with Crippen LogP contribution in [-0.4, -0.2) is 22.3 Å². The van der Waals surface area contributed by atoms with Crippen LogP contribution in [0.1, 0.15) is 37.0 Å². The Morgan fingerprint density at radius 3 is 2.69 bits per heavy atom. The lowest BCUT2D eigenvalue weighted by molar-refractivity contribution is 0.492. The summed E-state index contributed by atoms with van der Waals surface area (Å²) in [5.74, 6) is 3.36. The molecule has 0 saturated carbocycles. The van der Waals surface area contributed by atoms with E-state index in [0.29, 0.717) is 0 Å². The maximum atomic E-state index is 11.3. The van der Waals surface area contributed by atoms with Crippen LogP contribution in [0.4, 0.5) is 0 Å². The summed E-state index contributed by atoms with van der Waals surface area (Å²) >= 11 is 0. The largest absolute Gasteiger partial charge is 0.466 e. The summed E-state index contributed by atoms with van der Waals surface area (Å²) in [4.78, 5) is 0. The Kier molecular flexibility index (Phi) is 5.22. The van der Waals surface area contributed by atoms with Gasteiger partial charge in [-0.1, -0.05) is 6.92 Å². The first-order valence-electron chi connectivity index (χ1n) is 5.69. The van der Waals surface area contributed by atoms with Crippen LogP contribution < -0.4 is 5.32 Å². The molecular formula is C12H21NO2S. The van der Waals surface area contributed by atoms with E-state index in [2.05, 4.69) is 18.3 Å². The highest BCUT2D eigenvalue weighted by atomic mass is 32.2. The first-order chi connectivity index (χ1) is 7.54. The molecule has 92 valence electrons. The first-order valence-corrected chi connectivity index (χ1v) is 7.18. The molecule has 1 aromatic heterocycles. The number of rotatable bonds is 6. The Morgan fingerprint density at radius 1 is 1.50 bits per heavy atom. The molecule has 0 saturated heterocycles. The van der Waals surface area contributed by atoms with Crippen molar-refractivity contribution in [2.45, 2.75) is 33.7 Å². The second-order valence-corrected chi connectivity index (χ2v) is 5.84. The Labute approximate surface area is 100 Å². The van der Waals surface area contributed by atoms with E-state index in [1.165, 1.54) is 5.56 Å². The van der Waals surface area contributed by atoms with Crippen LogP contribution in [0, 0.1) is 13.8 Å². The van der Waals surface area contributed by atoms with Crippen LogP contribution in [0.5, 0.6) is 0 Å². The molecule has 0 bridgehead atoms. The Bertz CT molecular complexity index is 360. The molecule has 1 N–H and O–H groups in total. The normalized spacial score (nSPS) is 15.0. The minimum atomic E-state index is -0.686. The van der Waals surface area contributed by atoms with E-state index in [1.54, 1.807) is 0 Å². The summed E-state index contributed by atoms with van der Waals surface area (Å²) in [5.41, 5.74) is 1.19. The maximum Gasteiger partial charge on any atom is 0.105 e. The van der Waals surface area contributed by atoms with Gasteiger partial charge < -0.3 is 9.73 Å². The van der Waals surface area contributed by atoms with Crippen molar-refractivity contribution in [2.75, 3.05) is 18.1 Å². The highest BCUT2D eigenvalue weighted by Crippen LogP contribution is 2.20. The van der Waals surface area contributed by atoms with Gasteiger partial charge in [-0.3, -0.25) is 4.21 Å². The maximum absolute atomic E-state index is 11.3. The van der Waals surface area contributed by atoms with Crippen molar-refractivity contribution in [3.05, 3.63) is 23.2 Å². The SMILES string of the molecule is CCS(=O)CCNC(C)c1cc(C)oc1C. The molecule has 0 aliphatic carbocycles. The molecule has 0 spiro atoms. The number of nitrogens with one attached hydrogen (secondary N) is 1. The number of aryl methyl sites for hydroxylation is 2. The van der Waals surface area contributed by atoms with Gasteiger partial charge in [0.15, 0.2) is 0 Å². The Morgan fingerprint density at radius 2 is 2.19 bits per heavy atom. The summed E-state index contributed by atoms with van der Waals surface area (Å²) < 4.78 is 16.7. The van der Waals surface area contributed by atoms with Crippen molar-refractivity contribution >= 4 is 10.8 Å². The third-order valence-electron chi connectivity index (χ3n) is 2.65. The van der Waals surface area contributed by atoms with E-state index in [-0.39, 0.29) is 6.04 Å². The molecule has 1 heterocycles. The van der Waals surface area contributed by atoms with Crippen LogP contribution >= 0.6 is 0 Å². The molecule has 4 heteroatoms. The molecule has 3 nitrogen and oxygen atoms in total. The summed E-state index contributed by atoms with van der Waals surface area (Å²) in [7, 11) is -0.686. The number of hydrogen-bond acceptors (Lipinski definition) is 3. The van der Waals surface area contributed by atoms with Crippen LogP contribution in [-0.2, 0) is 10.8 Å². The number of furan rings is 1. The lowest BCUT2D eigenvalue weighted by Gasteiger charge is -2.12. The van der Waals surface area contributed by atoms with Gasteiger partial charge in [0.05, 0.1) is 0 Å². The number of hydrogen-bond donors (Lipinski definition) is 1. The first kappa shape index (κ1) is 13.5. The van der Waals surface area contributed by atoms with Crippen LogP contribution in [0.15, 0.2) is 10.5 Å². The van der Waals surface area contributed by atoms with Crippen LogP contribution in [0.2, 0.25) is 0 Å². The van der Waals surface area contributed by atoms with E-state index in [9.17, 15) is 4.21 Å². The van der Waals surface area contributed by atoms with E-state index in [4.69, 9.17) is 4.42 Å². The van der Waals surface area contributed by atoms with Crippen molar-refractivity contribution in [3.8, 4) is 0 Å². The average Bonchev–Trinajstić information content (AvgIpc) is 2.57. The zero-order valence-corrected chi connectivity index (χ0v) is 11.3. The topological polar surface area (TPSA) is 42.2 Å². The third kappa shape index (κ3) is 3.76. The van der Waals surface area contributed by atoms with Gasteiger partial charge in [-0.25, -0.2) is 0 Å². The minimum Gasteiger partial charge on any atom is -0.466 e. The molecule has 1 aromatic rings. The fraction of sp³-hybridized carbons (Fsp3) is 0.667. The van der Waals surface area contributed by atoms with Gasteiger partial charge in [0.1, 0.15) is 11.5 Å². The zero-order chi connectivity index (χ0) is 12.1. The highest BCUT2D eigenvalue weighted by molar-refractivity contribution is 7.84. The van der Waals surface area contributed by atoms with Crippen LogP contribution in [0.3, 0.4) is 0 Å². The lowest BCUT2D eigenvalue weighted by atomic mass is 10.1. The zero-order valence-electron chi connectivity index (χ0n) is 10.5. The van der Waals surface area contributed by atoms with Crippen molar-refractivity contribution in [1.82, 2.24) is 5.32 Å². The average molecular weight is 243 g/mol. The molecule has 2 unspecified atom stereocenters. The van der Waals surface area contributed by atoms with E-state index in [0.717, 1.165) is 29.6 Å². The summed E-state index contributed by atoms with van der Waals surface area (Å²) in [6.45, 7) is 8.76. The monoisotopic (exact) mass is 243 g/mol. The quantitative estimate of drug-likeness (QED) is 0.833. The molecule has 0 fully saturated rings. The molecule has 0 aromatic carbocycles.